The third-order valence-corrected chi connectivity index (χ3v) is 4.35. The summed E-state index contributed by atoms with van der Waals surface area (Å²) in [4.78, 5) is 9.77. The molecule has 0 fully saturated rings. The van der Waals surface area contributed by atoms with Crippen LogP contribution in [0.15, 0.2) is 24.3 Å². The van der Waals surface area contributed by atoms with E-state index in [1.54, 1.807) is 19.1 Å². The first-order valence-corrected chi connectivity index (χ1v) is 15.1. The quantitative estimate of drug-likeness (QED) is 0.200. The minimum atomic E-state index is -0.826. The fourth-order valence-corrected chi connectivity index (χ4v) is 2.38. The van der Waals surface area contributed by atoms with E-state index < -0.39 is 23.8 Å². The zero-order valence-corrected chi connectivity index (χ0v) is 21.3. The molecule has 13 heteroatoms. The van der Waals surface area contributed by atoms with Crippen LogP contribution in [-0.4, -0.2) is 34.8 Å². The molecule has 2 radical (unpaired) electrons. The van der Waals surface area contributed by atoms with E-state index in [2.05, 4.69) is 0 Å². The van der Waals surface area contributed by atoms with Crippen LogP contribution in [0.4, 0.5) is 11.4 Å². The molecule has 6 nitrogen and oxygen atoms in total. The predicted octanol–water partition coefficient (Wildman–Crippen LogP) is 5.44. The Morgan fingerprint density at radius 1 is 0.852 bits per heavy atom. The molecule has 2 aromatic carbocycles. The number of nitro benzene ring substituents is 1. The van der Waals surface area contributed by atoms with E-state index in [9.17, 15) is 10.1 Å². The van der Waals surface area contributed by atoms with Crippen molar-refractivity contribution in [2.75, 3.05) is 5.73 Å². The summed E-state index contributed by atoms with van der Waals surface area (Å²) >= 11 is 22.0. The molecule has 2 aromatic rings. The maximum absolute atomic E-state index is 10.3. The molecule has 0 aromatic heterocycles. The van der Waals surface area contributed by atoms with Gasteiger partial charge in [-0.05, 0) is 37.1 Å². The summed E-state index contributed by atoms with van der Waals surface area (Å²) in [7, 11) is 9.87. The van der Waals surface area contributed by atoms with Crippen molar-refractivity contribution in [2.45, 2.75) is 13.8 Å². The number of nitro groups is 1. The molecule has 0 spiro atoms. The third-order valence-electron chi connectivity index (χ3n) is 2.78. The van der Waals surface area contributed by atoms with Crippen molar-refractivity contribution in [1.29, 1.82) is 0 Å². The Morgan fingerprint density at radius 3 is 1.37 bits per heavy atom. The Hall–Kier alpha value is 0.0987. The first kappa shape index (κ1) is 31.8. The second-order valence-corrected chi connectivity index (χ2v) is 10.3. The zero-order valence-electron chi connectivity index (χ0n) is 13.9. The van der Waals surface area contributed by atoms with Gasteiger partial charge in [-0.2, -0.15) is 0 Å². The van der Waals surface area contributed by atoms with Crippen LogP contribution >= 0.6 is 64.2 Å². The Morgan fingerprint density at radius 2 is 1.11 bits per heavy atom. The van der Waals surface area contributed by atoms with E-state index in [0.717, 1.165) is 5.56 Å². The Balaban J connectivity index is -0.000000353. The van der Waals surface area contributed by atoms with E-state index in [1.165, 1.54) is 12.1 Å². The van der Waals surface area contributed by atoms with Gasteiger partial charge in [0.15, 0.2) is 0 Å². The molecule has 0 saturated heterocycles. The summed E-state index contributed by atoms with van der Waals surface area (Å²) < 4.78 is 0. The van der Waals surface area contributed by atoms with Gasteiger partial charge in [0.2, 0.25) is 0 Å². The molecule has 0 aliphatic heterocycles. The number of halogens is 6. The van der Waals surface area contributed by atoms with Gasteiger partial charge >= 0.3 is 36.7 Å². The molecule has 0 atom stereocenters. The first-order chi connectivity index (χ1) is 11.5. The molecule has 0 unspecified atom stereocenters. The Kier molecular flexibility index (Phi) is 18.8. The molecular weight excluding hydrogens is 592 g/mol. The van der Waals surface area contributed by atoms with E-state index in [4.69, 9.17) is 70.0 Å². The number of benzene rings is 2. The average Bonchev–Trinajstić information content (AvgIpc) is 2.51. The van der Waals surface area contributed by atoms with Gasteiger partial charge in [0.25, 0.3) is 5.69 Å². The number of hydrogen-bond donors (Lipinski definition) is 1. The zero-order chi connectivity index (χ0) is 19.7. The van der Waals surface area contributed by atoms with Crippen molar-refractivity contribution in [2.24, 2.45) is 0 Å². The summed E-state index contributed by atoms with van der Waals surface area (Å²) in [5.41, 5.74) is 7.50. The number of hydrogen-bond acceptors (Lipinski definition) is 3. The second kappa shape index (κ2) is 16.0. The standard InChI is InChI=1S/C7H5Cl2NO2.C7H7Cl2N.2ClH.2H2O.Sn/c1-4-6(8)2-5(10(11)12)3-7(4)9;1-4-6(8)2-5(10)3-7(4)9;;;;;/h2-3H,1H3;2-3H,10H2,1H3;2*1H;2*1H2;/q;;;;;;+2/p-2. The molecule has 0 aliphatic carbocycles. The van der Waals surface area contributed by atoms with Crippen LogP contribution in [0.5, 0.6) is 0 Å². The average molecular weight is 608 g/mol. The van der Waals surface area contributed by atoms with Crippen LogP contribution in [0.1, 0.15) is 11.1 Å². The maximum atomic E-state index is 10.3. The summed E-state index contributed by atoms with van der Waals surface area (Å²) in [6, 6.07) is 5.93. The van der Waals surface area contributed by atoms with E-state index in [1.807, 2.05) is 6.92 Å². The summed E-state index contributed by atoms with van der Waals surface area (Å²) in [5.74, 6) is 0. The van der Waals surface area contributed by atoms with Gasteiger partial charge in [-0.1, -0.05) is 46.4 Å². The van der Waals surface area contributed by atoms with Crippen molar-refractivity contribution in [3.63, 3.8) is 0 Å². The first-order valence-electron chi connectivity index (χ1n) is 6.32. The van der Waals surface area contributed by atoms with Crippen molar-refractivity contribution >= 4 is 94.5 Å². The molecule has 27 heavy (non-hydrogen) atoms. The predicted molar refractivity (Wildman–Crippen MR) is 118 cm³/mol. The SMILES string of the molecule is Cc1c(Cl)cc(N)cc1Cl.Cc1c(Cl)cc([N+](=O)[O-])cc1Cl.O.O.[Cl][Sn][Cl]. The van der Waals surface area contributed by atoms with Gasteiger partial charge in [-0.15, -0.1) is 0 Å². The van der Waals surface area contributed by atoms with Crippen LogP contribution in [0.2, 0.25) is 20.1 Å². The van der Waals surface area contributed by atoms with Gasteiger partial charge < -0.3 is 16.7 Å². The van der Waals surface area contributed by atoms with Crippen LogP contribution < -0.4 is 5.73 Å². The van der Waals surface area contributed by atoms with Crippen molar-refractivity contribution < 1.29 is 15.9 Å². The number of nitrogens with two attached hydrogens (primary N) is 1. The number of rotatable bonds is 1. The van der Waals surface area contributed by atoms with Crippen LogP contribution in [0, 0.1) is 24.0 Å². The fourth-order valence-electron chi connectivity index (χ4n) is 1.40. The van der Waals surface area contributed by atoms with Crippen LogP contribution in [0.25, 0.3) is 0 Å². The topological polar surface area (TPSA) is 132 Å². The van der Waals surface area contributed by atoms with Gasteiger partial charge in [-0.3, -0.25) is 10.1 Å². The molecular formula is C14H16Cl6N2O4Sn. The molecule has 0 aliphatic rings. The van der Waals surface area contributed by atoms with Gasteiger partial charge in [0, 0.05) is 27.9 Å². The molecule has 0 saturated carbocycles. The number of anilines is 1. The molecule has 6 N–H and O–H groups in total. The number of nitrogens with zero attached hydrogens (tertiary/aromatic N) is 1. The van der Waals surface area contributed by atoms with Gasteiger partial charge in [0.1, 0.15) is 0 Å². The van der Waals surface area contributed by atoms with Gasteiger partial charge in [-0.25, -0.2) is 0 Å². The molecule has 2 rings (SSSR count). The molecule has 0 heterocycles. The number of non-ortho nitro benzene ring substituents is 1. The Labute approximate surface area is 194 Å². The molecule has 152 valence electrons. The summed E-state index contributed by atoms with van der Waals surface area (Å²) in [6.07, 6.45) is 0. The van der Waals surface area contributed by atoms with Crippen LogP contribution in [-0.2, 0) is 0 Å². The summed E-state index contributed by atoms with van der Waals surface area (Å²) in [6.45, 7) is 3.55. The third kappa shape index (κ3) is 11.6. The van der Waals surface area contributed by atoms with E-state index in [0.29, 0.717) is 31.3 Å². The molecule has 0 amide bonds. The van der Waals surface area contributed by atoms with Gasteiger partial charge in [0.05, 0.1) is 15.0 Å². The fraction of sp³-hybridized carbons (Fsp3) is 0.143. The van der Waals surface area contributed by atoms with E-state index >= 15 is 0 Å². The van der Waals surface area contributed by atoms with Crippen molar-refractivity contribution in [3.05, 3.63) is 65.6 Å². The van der Waals surface area contributed by atoms with Crippen molar-refractivity contribution in [3.8, 4) is 0 Å². The normalized spacial score (nSPS) is 8.74. The van der Waals surface area contributed by atoms with E-state index in [-0.39, 0.29) is 16.6 Å². The van der Waals surface area contributed by atoms with Crippen LogP contribution in [0.3, 0.4) is 0 Å². The Bertz CT molecular complexity index is 706. The summed E-state index contributed by atoms with van der Waals surface area (Å²) in [5, 5.41) is 12.2. The number of nitrogen functional groups attached to an aromatic ring is 1. The molecule has 0 bridgehead atoms. The second-order valence-electron chi connectivity index (χ2n) is 4.47. The van der Waals surface area contributed by atoms with Crippen molar-refractivity contribution in [1.82, 2.24) is 0 Å². The monoisotopic (exact) mass is 606 g/mol. The minimum absolute atomic E-state index is 0.